The second-order valence-electron chi connectivity index (χ2n) is 2.70. The van der Waals surface area contributed by atoms with E-state index in [1.54, 1.807) is 24.3 Å². The first-order chi connectivity index (χ1) is 6.24. The number of hydrogen-bond donors (Lipinski definition) is 2. The lowest BCUT2D eigenvalue weighted by molar-refractivity contribution is 0.146. The van der Waals surface area contributed by atoms with Crippen LogP contribution in [0.1, 0.15) is 11.1 Å². The molecule has 0 amide bonds. The quantitative estimate of drug-likeness (QED) is 0.706. The molecule has 1 aromatic rings. The average Bonchev–Trinajstić information content (AvgIpc) is 2.08. The summed E-state index contributed by atoms with van der Waals surface area (Å²) in [5.41, 5.74) is 3.22. The molecule has 1 aromatic carbocycles. The third-order valence-corrected chi connectivity index (χ3v) is 1.76. The molecule has 0 saturated heterocycles. The monoisotopic (exact) mass is 187 g/mol. The molecule has 0 aliphatic rings. The van der Waals surface area contributed by atoms with Crippen molar-refractivity contribution in [3.05, 3.63) is 35.4 Å². The molecular weight excluding hydrogens is 176 g/mol. The van der Waals surface area contributed by atoms with E-state index >= 15 is 0 Å². The van der Waals surface area contributed by atoms with Gasteiger partial charge in [0.25, 0.3) is 0 Å². The van der Waals surface area contributed by atoms with Gasteiger partial charge in [-0.25, -0.2) is 14.3 Å². The van der Waals surface area contributed by atoms with Gasteiger partial charge in [0, 0.05) is 13.0 Å². The highest BCUT2D eigenvalue weighted by atomic mass is 19.3. The maximum Gasteiger partial charge on any atom is 0.242 e. The van der Waals surface area contributed by atoms with Gasteiger partial charge in [0.1, 0.15) is 0 Å². The Morgan fingerprint density at radius 2 is 1.85 bits per heavy atom. The largest absolute Gasteiger partial charge is 0.316 e. The van der Waals surface area contributed by atoms with Crippen LogP contribution in [0.4, 0.5) is 8.78 Å². The topological polar surface area (TPSA) is 32.3 Å². The zero-order valence-corrected chi connectivity index (χ0v) is 7.00. The SMILES string of the molecule is ONCc1ccccc1CC(F)F. The minimum absolute atomic E-state index is 0.197. The molecule has 0 fully saturated rings. The van der Waals surface area contributed by atoms with Gasteiger partial charge in [0.2, 0.25) is 6.43 Å². The van der Waals surface area contributed by atoms with Crippen LogP contribution in [0.15, 0.2) is 24.3 Å². The summed E-state index contributed by atoms with van der Waals surface area (Å²) >= 11 is 0. The van der Waals surface area contributed by atoms with Crippen LogP contribution < -0.4 is 5.48 Å². The summed E-state index contributed by atoms with van der Waals surface area (Å²) in [5.74, 6) is 0. The normalized spacial score (nSPS) is 10.8. The first-order valence-corrected chi connectivity index (χ1v) is 3.96. The fraction of sp³-hybridized carbons (Fsp3) is 0.333. The van der Waals surface area contributed by atoms with Crippen LogP contribution in [0.5, 0.6) is 0 Å². The lowest BCUT2D eigenvalue weighted by Gasteiger charge is -2.07. The Morgan fingerprint density at radius 1 is 1.23 bits per heavy atom. The van der Waals surface area contributed by atoms with Crippen LogP contribution >= 0.6 is 0 Å². The van der Waals surface area contributed by atoms with Crippen LogP contribution in [0.3, 0.4) is 0 Å². The lowest BCUT2D eigenvalue weighted by Crippen LogP contribution is -2.10. The molecule has 2 nitrogen and oxygen atoms in total. The molecule has 0 bridgehead atoms. The van der Waals surface area contributed by atoms with E-state index in [4.69, 9.17) is 5.21 Å². The Balaban J connectivity index is 2.78. The van der Waals surface area contributed by atoms with Crippen LogP contribution in [-0.2, 0) is 13.0 Å². The lowest BCUT2D eigenvalue weighted by atomic mass is 10.1. The first kappa shape index (κ1) is 10.1. The molecule has 0 heterocycles. The smallest absolute Gasteiger partial charge is 0.242 e. The van der Waals surface area contributed by atoms with Crippen LogP contribution in [0.2, 0.25) is 0 Å². The molecule has 0 aromatic heterocycles. The summed E-state index contributed by atoms with van der Waals surface area (Å²) < 4.78 is 24.1. The van der Waals surface area contributed by atoms with Crippen molar-refractivity contribution in [2.45, 2.75) is 19.4 Å². The zero-order chi connectivity index (χ0) is 9.68. The van der Waals surface area contributed by atoms with Crippen molar-refractivity contribution >= 4 is 0 Å². The fourth-order valence-corrected chi connectivity index (χ4v) is 1.18. The summed E-state index contributed by atoms with van der Waals surface area (Å²) in [6, 6.07) is 6.81. The summed E-state index contributed by atoms with van der Waals surface area (Å²) in [6.45, 7) is 0.197. The van der Waals surface area contributed by atoms with E-state index in [9.17, 15) is 8.78 Å². The van der Waals surface area contributed by atoms with E-state index in [-0.39, 0.29) is 13.0 Å². The molecule has 0 atom stereocenters. The molecule has 0 saturated carbocycles. The van der Waals surface area contributed by atoms with Crippen molar-refractivity contribution in [3.63, 3.8) is 0 Å². The van der Waals surface area contributed by atoms with E-state index in [2.05, 4.69) is 0 Å². The van der Waals surface area contributed by atoms with E-state index in [1.165, 1.54) is 0 Å². The molecule has 1 rings (SSSR count). The molecule has 0 radical (unpaired) electrons. The molecule has 0 aliphatic heterocycles. The third-order valence-electron chi connectivity index (χ3n) is 1.76. The summed E-state index contributed by atoms with van der Waals surface area (Å²) in [7, 11) is 0. The minimum atomic E-state index is -2.35. The predicted molar refractivity (Wildman–Crippen MR) is 44.8 cm³/mol. The van der Waals surface area contributed by atoms with Gasteiger partial charge in [-0.2, -0.15) is 0 Å². The predicted octanol–water partition coefficient (Wildman–Crippen LogP) is 1.97. The average molecular weight is 187 g/mol. The Morgan fingerprint density at radius 3 is 2.38 bits per heavy atom. The maximum atomic E-state index is 12.1. The number of benzene rings is 1. The second-order valence-corrected chi connectivity index (χ2v) is 2.70. The van der Waals surface area contributed by atoms with Gasteiger partial charge in [-0.3, -0.25) is 0 Å². The van der Waals surface area contributed by atoms with Crippen LogP contribution in [-0.4, -0.2) is 11.6 Å². The van der Waals surface area contributed by atoms with Gasteiger partial charge >= 0.3 is 0 Å². The molecule has 72 valence electrons. The van der Waals surface area contributed by atoms with Crippen LogP contribution in [0, 0.1) is 0 Å². The minimum Gasteiger partial charge on any atom is -0.316 e. The molecule has 0 unspecified atom stereocenters. The van der Waals surface area contributed by atoms with Crippen molar-refractivity contribution in [1.29, 1.82) is 0 Å². The summed E-state index contributed by atoms with van der Waals surface area (Å²) in [5, 5.41) is 8.44. The van der Waals surface area contributed by atoms with Crippen molar-refractivity contribution in [2.24, 2.45) is 0 Å². The summed E-state index contributed by atoms with van der Waals surface area (Å²) in [6.07, 6.45) is -2.61. The number of rotatable bonds is 4. The molecule has 13 heavy (non-hydrogen) atoms. The Labute approximate surface area is 75.2 Å². The molecular formula is C9H11F2NO. The second kappa shape index (κ2) is 4.89. The van der Waals surface area contributed by atoms with E-state index < -0.39 is 6.43 Å². The number of hydroxylamine groups is 1. The van der Waals surface area contributed by atoms with Gasteiger partial charge in [-0.15, -0.1) is 0 Å². The Hall–Kier alpha value is -1.00. The standard InChI is InChI=1S/C9H11F2NO/c10-9(11)5-7-3-1-2-4-8(7)6-12-13/h1-4,9,12-13H,5-6H2. The Kier molecular flexibility index (Phi) is 3.79. The van der Waals surface area contributed by atoms with Crippen LogP contribution in [0.25, 0.3) is 0 Å². The molecule has 0 aliphatic carbocycles. The van der Waals surface area contributed by atoms with Gasteiger partial charge in [-0.05, 0) is 11.1 Å². The number of hydrogen-bond acceptors (Lipinski definition) is 2. The first-order valence-electron chi connectivity index (χ1n) is 3.96. The Bertz CT molecular complexity index is 266. The molecule has 2 N–H and O–H groups in total. The van der Waals surface area contributed by atoms with E-state index in [1.807, 2.05) is 5.48 Å². The molecule has 0 spiro atoms. The highest BCUT2D eigenvalue weighted by Crippen LogP contribution is 2.12. The van der Waals surface area contributed by atoms with E-state index in [0.29, 0.717) is 11.1 Å². The van der Waals surface area contributed by atoms with Gasteiger partial charge in [0.15, 0.2) is 0 Å². The molecule has 4 heteroatoms. The van der Waals surface area contributed by atoms with Crippen molar-refractivity contribution in [2.75, 3.05) is 0 Å². The van der Waals surface area contributed by atoms with Crippen molar-refractivity contribution in [1.82, 2.24) is 5.48 Å². The van der Waals surface area contributed by atoms with Gasteiger partial charge in [0.05, 0.1) is 0 Å². The van der Waals surface area contributed by atoms with Crippen molar-refractivity contribution in [3.8, 4) is 0 Å². The number of alkyl halides is 2. The number of halogens is 2. The highest BCUT2D eigenvalue weighted by molar-refractivity contribution is 5.27. The summed E-state index contributed by atoms with van der Waals surface area (Å²) in [4.78, 5) is 0. The van der Waals surface area contributed by atoms with E-state index in [0.717, 1.165) is 0 Å². The van der Waals surface area contributed by atoms with Crippen molar-refractivity contribution < 1.29 is 14.0 Å². The van der Waals surface area contributed by atoms with Gasteiger partial charge < -0.3 is 5.21 Å². The maximum absolute atomic E-state index is 12.1. The number of nitrogens with one attached hydrogen (secondary N) is 1. The fourth-order valence-electron chi connectivity index (χ4n) is 1.18. The highest BCUT2D eigenvalue weighted by Gasteiger charge is 2.07. The third kappa shape index (κ3) is 3.08. The zero-order valence-electron chi connectivity index (χ0n) is 7.00. The van der Waals surface area contributed by atoms with Gasteiger partial charge in [-0.1, -0.05) is 24.3 Å².